The Balaban J connectivity index is 2.24. The molecule has 2 heterocycles. The van der Waals surface area contributed by atoms with E-state index >= 15 is 0 Å². The van der Waals surface area contributed by atoms with Crippen LogP contribution in [0, 0.1) is 0 Å². The molecule has 11 heteroatoms. The first-order valence-corrected chi connectivity index (χ1v) is 8.13. The van der Waals surface area contributed by atoms with Crippen molar-refractivity contribution in [3.63, 3.8) is 0 Å². The van der Waals surface area contributed by atoms with Crippen LogP contribution in [-0.4, -0.2) is 46.2 Å². The maximum atomic E-state index is 11.3. The van der Waals surface area contributed by atoms with E-state index in [-0.39, 0.29) is 23.2 Å². The second kappa shape index (κ2) is 6.05. The molecule has 0 aliphatic rings. The van der Waals surface area contributed by atoms with Crippen molar-refractivity contribution in [3.8, 4) is 11.4 Å². The van der Waals surface area contributed by atoms with Crippen molar-refractivity contribution >= 4 is 15.9 Å². The Bertz CT molecular complexity index is 788. The van der Waals surface area contributed by atoms with Crippen LogP contribution >= 0.6 is 0 Å². The van der Waals surface area contributed by atoms with Crippen molar-refractivity contribution in [2.45, 2.75) is 18.7 Å². The molecular weight excluding hydrogens is 314 g/mol. The van der Waals surface area contributed by atoms with Gasteiger partial charge in [-0.1, -0.05) is 5.16 Å². The van der Waals surface area contributed by atoms with Gasteiger partial charge in [0.2, 0.25) is 11.7 Å². The normalized spacial score (nSPS) is 12.8. The van der Waals surface area contributed by atoms with Gasteiger partial charge in [0.25, 0.3) is 0 Å². The van der Waals surface area contributed by atoms with E-state index in [0.29, 0.717) is 5.56 Å². The van der Waals surface area contributed by atoms with Crippen molar-refractivity contribution in [1.29, 1.82) is 0 Å². The molecular formula is C11H13N5O5S. The summed E-state index contributed by atoms with van der Waals surface area (Å²) < 4.78 is 27.5. The molecule has 0 unspecified atom stereocenters. The van der Waals surface area contributed by atoms with Gasteiger partial charge < -0.3 is 14.9 Å². The SMILES string of the molecule is C[C@H](NC(=O)O)c1nc(-c2cnnc(CS(C)(=O)=O)c2)no1. The van der Waals surface area contributed by atoms with Crippen LogP contribution in [0.25, 0.3) is 11.4 Å². The third-order valence-corrected chi connectivity index (χ3v) is 3.35. The number of rotatable bonds is 5. The Morgan fingerprint density at radius 1 is 1.50 bits per heavy atom. The topological polar surface area (TPSA) is 148 Å². The Kier molecular flexibility index (Phi) is 4.35. The average molecular weight is 327 g/mol. The first-order valence-electron chi connectivity index (χ1n) is 6.07. The maximum absolute atomic E-state index is 11.3. The van der Waals surface area contributed by atoms with E-state index in [1.165, 1.54) is 12.3 Å². The third kappa shape index (κ3) is 4.22. The van der Waals surface area contributed by atoms with Gasteiger partial charge >= 0.3 is 6.09 Å². The quantitative estimate of drug-likeness (QED) is 0.795. The number of amides is 1. The summed E-state index contributed by atoms with van der Waals surface area (Å²) in [4.78, 5) is 14.6. The van der Waals surface area contributed by atoms with Gasteiger partial charge in [-0.25, -0.2) is 13.2 Å². The Morgan fingerprint density at radius 2 is 2.23 bits per heavy atom. The van der Waals surface area contributed by atoms with E-state index < -0.39 is 22.0 Å². The number of aromatic nitrogens is 4. The predicted octanol–water partition coefficient (Wildman–Crippen LogP) is 0.400. The fraction of sp³-hybridized carbons (Fsp3) is 0.364. The standard InChI is InChI=1S/C11H13N5O5S/c1-6(13-11(17)18)10-14-9(16-21-10)7-3-8(15-12-4-7)5-22(2,19)20/h3-4,6,13H,5H2,1-2H3,(H,17,18)/t6-/m0/s1. The molecule has 10 nitrogen and oxygen atoms in total. The summed E-state index contributed by atoms with van der Waals surface area (Å²) >= 11 is 0. The molecule has 0 aromatic carbocycles. The van der Waals surface area contributed by atoms with Gasteiger partial charge in [-0.15, -0.1) is 0 Å². The zero-order chi connectivity index (χ0) is 16.3. The van der Waals surface area contributed by atoms with Crippen LogP contribution in [-0.2, 0) is 15.6 Å². The molecule has 0 fully saturated rings. The Morgan fingerprint density at radius 3 is 2.86 bits per heavy atom. The van der Waals surface area contributed by atoms with Crippen molar-refractivity contribution in [1.82, 2.24) is 25.7 Å². The van der Waals surface area contributed by atoms with E-state index in [9.17, 15) is 13.2 Å². The summed E-state index contributed by atoms with van der Waals surface area (Å²) in [5.41, 5.74) is 0.675. The van der Waals surface area contributed by atoms with Crippen LogP contribution in [0.2, 0.25) is 0 Å². The number of nitrogens with one attached hydrogen (secondary N) is 1. The molecule has 1 amide bonds. The maximum Gasteiger partial charge on any atom is 0.405 e. The smallest absolute Gasteiger partial charge is 0.405 e. The van der Waals surface area contributed by atoms with Crippen LogP contribution < -0.4 is 5.32 Å². The van der Waals surface area contributed by atoms with Gasteiger partial charge in [0, 0.05) is 11.8 Å². The molecule has 1 atom stereocenters. The minimum atomic E-state index is -3.24. The zero-order valence-electron chi connectivity index (χ0n) is 11.7. The Hall–Kier alpha value is -2.56. The van der Waals surface area contributed by atoms with Crippen LogP contribution in [0.15, 0.2) is 16.8 Å². The van der Waals surface area contributed by atoms with Gasteiger partial charge in [0.1, 0.15) is 6.04 Å². The van der Waals surface area contributed by atoms with Crippen LogP contribution in [0.3, 0.4) is 0 Å². The van der Waals surface area contributed by atoms with E-state index in [1.54, 1.807) is 6.92 Å². The summed E-state index contributed by atoms with van der Waals surface area (Å²) in [5, 5.41) is 22.0. The second-order valence-corrected chi connectivity index (χ2v) is 6.77. The van der Waals surface area contributed by atoms with Crippen molar-refractivity contribution in [2.24, 2.45) is 0 Å². The highest BCUT2D eigenvalue weighted by molar-refractivity contribution is 7.89. The number of sulfone groups is 1. The second-order valence-electron chi connectivity index (χ2n) is 4.63. The van der Waals surface area contributed by atoms with Gasteiger partial charge in [-0.3, -0.25) is 0 Å². The van der Waals surface area contributed by atoms with Crippen LogP contribution in [0.1, 0.15) is 24.6 Å². The fourth-order valence-corrected chi connectivity index (χ4v) is 2.33. The van der Waals surface area contributed by atoms with E-state index in [0.717, 1.165) is 6.26 Å². The van der Waals surface area contributed by atoms with Crippen LogP contribution in [0.4, 0.5) is 4.79 Å². The van der Waals surface area contributed by atoms with Gasteiger partial charge in [0.05, 0.1) is 17.6 Å². The first-order chi connectivity index (χ1) is 10.2. The number of carbonyl (C=O) groups is 1. The van der Waals surface area contributed by atoms with Gasteiger partial charge in [0.15, 0.2) is 9.84 Å². The molecule has 22 heavy (non-hydrogen) atoms. The molecule has 0 spiro atoms. The van der Waals surface area contributed by atoms with Gasteiger partial charge in [-0.2, -0.15) is 15.2 Å². The lowest BCUT2D eigenvalue weighted by molar-refractivity contribution is 0.187. The minimum Gasteiger partial charge on any atom is -0.465 e. The summed E-state index contributed by atoms with van der Waals surface area (Å²) in [6, 6.07) is 0.807. The number of hydrogen-bond donors (Lipinski definition) is 2. The van der Waals surface area contributed by atoms with Crippen molar-refractivity contribution < 1.29 is 22.8 Å². The molecule has 2 rings (SSSR count). The third-order valence-electron chi connectivity index (χ3n) is 2.53. The first kappa shape index (κ1) is 15.8. The Labute approximate surface area is 125 Å². The monoisotopic (exact) mass is 327 g/mol. The zero-order valence-corrected chi connectivity index (χ0v) is 12.5. The van der Waals surface area contributed by atoms with E-state index in [2.05, 4.69) is 25.7 Å². The fourth-order valence-electron chi connectivity index (χ4n) is 1.65. The number of nitrogens with zero attached hydrogens (tertiary/aromatic N) is 4. The summed E-state index contributed by atoms with van der Waals surface area (Å²) in [6.45, 7) is 1.55. The highest BCUT2D eigenvalue weighted by Crippen LogP contribution is 2.18. The average Bonchev–Trinajstić information content (AvgIpc) is 2.85. The summed E-state index contributed by atoms with van der Waals surface area (Å²) in [6.07, 6.45) is 1.23. The van der Waals surface area contributed by atoms with Crippen LogP contribution in [0.5, 0.6) is 0 Å². The van der Waals surface area contributed by atoms with Crippen molar-refractivity contribution in [3.05, 3.63) is 23.8 Å². The highest BCUT2D eigenvalue weighted by atomic mass is 32.2. The molecule has 2 N–H and O–H groups in total. The molecule has 118 valence electrons. The predicted molar refractivity (Wildman–Crippen MR) is 73.4 cm³/mol. The summed E-state index contributed by atoms with van der Waals surface area (Å²) in [7, 11) is -3.24. The highest BCUT2D eigenvalue weighted by Gasteiger charge is 2.17. The molecule has 2 aromatic rings. The van der Waals surface area contributed by atoms with Gasteiger partial charge in [-0.05, 0) is 13.0 Å². The lowest BCUT2D eigenvalue weighted by Crippen LogP contribution is -2.24. The largest absolute Gasteiger partial charge is 0.465 e. The minimum absolute atomic E-state index is 0.0823. The molecule has 0 aliphatic carbocycles. The molecule has 0 saturated heterocycles. The lowest BCUT2D eigenvalue weighted by Gasteiger charge is -2.04. The van der Waals surface area contributed by atoms with E-state index in [4.69, 9.17) is 9.63 Å². The van der Waals surface area contributed by atoms with Crippen molar-refractivity contribution in [2.75, 3.05) is 6.26 Å². The molecule has 0 saturated carbocycles. The molecule has 0 aliphatic heterocycles. The molecule has 0 bridgehead atoms. The number of carboxylic acid groups (broad SMARTS) is 1. The number of hydrogen-bond acceptors (Lipinski definition) is 8. The lowest BCUT2D eigenvalue weighted by atomic mass is 10.2. The molecule has 2 aromatic heterocycles. The summed E-state index contributed by atoms with van der Waals surface area (Å²) in [5.74, 6) is -0.00670. The molecule has 0 radical (unpaired) electrons. The van der Waals surface area contributed by atoms with E-state index in [1.807, 2.05) is 0 Å².